The molecule has 2 aromatic heterocycles. The highest BCUT2D eigenvalue weighted by atomic mass is 32.1. The molecule has 124 valence electrons. The van der Waals surface area contributed by atoms with Crippen LogP contribution in [0.3, 0.4) is 0 Å². The number of rotatable bonds is 3. The number of ether oxygens (including phenoxy) is 1. The maximum Gasteiger partial charge on any atom is 0.225 e. The van der Waals surface area contributed by atoms with Gasteiger partial charge in [0.2, 0.25) is 5.95 Å². The van der Waals surface area contributed by atoms with Crippen LogP contribution >= 0.6 is 11.3 Å². The highest BCUT2D eigenvalue weighted by Crippen LogP contribution is 2.31. The van der Waals surface area contributed by atoms with Gasteiger partial charge >= 0.3 is 0 Å². The van der Waals surface area contributed by atoms with Crippen molar-refractivity contribution in [1.29, 1.82) is 0 Å². The third-order valence-electron chi connectivity index (χ3n) is 4.29. The Hall–Kier alpha value is -2.41. The summed E-state index contributed by atoms with van der Waals surface area (Å²) in [5, 5.41) is 1.11. The van der Waals surface area contributed by atoms with Crippen molar-refractivity contribution in [2.75, 3.05) is 43.1 Å². The van der Waals surface area contributed by atoms with Gasteiger partial charge in [-0.15, -0.1) is 0 Å². The summed E-state index contributed by atoms with van der Waals surface area (Å²) in [5.41, 5.74) is 2.36. The number of aryl methyl sites for hydroxylation is 1. The Kier molecular flexibility index (Phi) is 3.93. The molecule has 3 heterocycles. The number of hydrogen-bond acceptors (Lipinski definition) is 7. The fourth-order valence-electron chi connectivity index (χ4n) is 2.89. The average molecular weight is 341 g/mol. The summed E-state index contributed by atoms with van der Waals surface area (Å²) in [6.45, 7) is 5.75. The summed E-state index contributed by atoms with van der Waals surface area (Å²) in [6.07, 6.45) is 3.43. The van der Waals surface area contributed by atoms with Crippen molar-refractivity contribution >= 4 is 32.6 Å². The minimum atomic E-state index is 0.683. The lowest BCUT2D eigenvalue weighted by Gasteiger charge is -2.34. The van der Waals surface area contributed by atoms with Gasteiger partial charge in [0.1, 0.15) is 0 Å². The first-order chi connectivity index (χ1) is 11.7. The quantitative estimate of drug-likeness (QED) is 0.730. The van der Waals surface area contributed by atoms with Crippen LogP contribution in [0.15, 0.2) is 30.6 Å². The van der Waals surface area contributed by atoms with Crippen LogP contribution in [-0.2, 0) is 0 Å². The molecular formula is C17H19N5OS. The number of piperazine rings is 1. The average Bonchev–Trinajstić information content (AvgIpc) is 3.08. The van der Waals surface area contributed by atoms with Crippen LogP contribution in [0.4, 0.5) is 11.1 Å². The third-order valence-corrected chi connectivity index (χ3v) is 5.37. The molecule has 0 radical (unpaired) electrons. The number of methoxy groups -OCH3 is 1. The van der Waals surface area contributed by atoms with Crippen LogP contribution < -0.4 is 14.5 Å². The monoisotopic (exact) mass is 341 g/mol. The van der Waals surface area contributed by atoms with Crippen molar-refractivity contribution in [1.82, 2.24) is 15.0 Å². The zero-order chi connectivity index (χ0) is 16.5. The van der Waals surface area contributed by atoms with E-state index in [2.05, 4.69) is 44.9 Å². The van der Waals surface area contributed by atoms with Gasteiger partial charge in [-0.3, -0.25) is 0 Å². The molecule has 4 rings (SSSR count). The van der Waals surface area contributed by atoms with Crippen LogP contribution in [0.5, 0.6) is 5.75 Å². The lowest BCUT2D eigenvalue weighted by Crippen LogP contribution is -2.47. The summed E-state index contributed by atoms with van der Waals surface area (Å²) < 4.78 is 6.37. The zero-order valence-electron chi connectivity index (χ0n) is 13.8. The van der Waals surface area contributed by atoms with E-state index in [1.54, 1.807) is 30.8 Å². The number of para-hydroxylation sites is 1. The number of nitrogens with zero attached hydrogens (tertiary/aromatic N) is 5. The molecule has 6 nitrogen and oxygen atoms in total. The lowest BCUT2D eigenvalue weighted by molar-refractivity contribution is 0.410. The number of hydrogen-bond donors (Lipinski definition) is 0. The third kappa shape index (κ3) is 2.75. The van der Waals surface area contributed by atoms with Crippen molar-refractivity contribution in [2.45, 2.75) is 6.92 Å². The summed E-state index contributed by atoms with van der Waals surface area (Å²) in [5.74, 6) is 1.44. The van der Waals surface area contributed by atoms with Gasteiger partial charge in [0.15, 0.2) is 10.9 Å². The molecule has 0 N–H and O–H groups in total. The molecule has 7 heteroatoms. The number of anilines is 2. The molecule has 3 aromatic rings. The molecular weight excluding hydrogens is 322 g/mol. The minimum Gasteiger partial charge on any atom is -0.494 e. The first kappa shape index (κ1) is 15.1. The largest absolute Gasteiger partial charge is 0.494 e. The lowest BCUT2D eigenvalue weighted by atomic mass is 10.2. The van der Waals surface area contributed by atoms with E-state index in [0.717, 1.165) is 42.8 Å². The predicted octanol–water partition coefficient (Wildman–Crippen LogP) is 2.73. The van der Waals surface area contributed by atoms with E-state index in [0.29, 0.717) is 5.75 Å². The Morgan fingerprint density at radius 3 is 2.42 bits per heavy atom. The van der Waals surface area contributed by atoms with Crippen molar-refractivity contribution in [3.05, 3.63) is 36.2 Å². The molecule has 0 bridgehead atoms. The Morgan fingerprint density at radius 1 is 1.04 bits per heavy atom. The fourth-order valence-corrected chi connectivity index (χ4v) is 3.98. The van der Waals surface area contributed by atoms with Gasteiger partial charge in [0.05, 0.1) is 29.7 Å². The maximum absolute atomic E-state index is 5.11. The number of fused-ring (bicyclic) bond motifs is 1. The Balaban J connectivity index is 1.47. The van der Waals surface area contributed by atoms with E-state index < -0.39 is 0 Å². The SMILES string of the molecule is COc1cnc(N2CCN(c3nc4c(C)cccc4s3)CC2)nc1. The van der Waals surface area contributed by atoms with Crippen LogP contribution in [0.25, 0.3) is 10.2 Å². The molecule has 0 unspecified atom stereocenters. The molecule has 0 aliphatic carbocycles. The normalized spacial score (nSPS) is 15.1. The first-order valence-electron chi connectivity index (χ1n) is 7.96. The second-order valence-electron chi connectivity index (χ2n) is 5.82. The van der Waals surface area contributed by atoms with Gasteiger partial charge in [-0.2, -0.15) is 0 Å². The van der Waals surface area contributed by atoms with Gasteiger partial charge in [0, 0.05) is 26.2 Å². The molecule has 1 fully saturated rings. The first-order valence-corrected chi connectivity index (χ1v) is 8.78. The van der Waals surface area contributed by atoms with E-state index in [1.807, 2.05) is 0 Å². The van der Waals surface area contributed by atoms with E-state index in [1.165, 1.54) is 10.3 Å². The predicted molar refractivity (Wildman–Crippen MR) is 97.4 cm³/mol. The van der Waals surface area contributed by atoms with E-state index in [4.69, 9.17) is 9.72 Å². The van der Waals surface area contributed by atoms with Crippen molar-refractivity contribution in [3.63, 3.8) is 0 Å². The Labute approximate surface area is 144 Å². The Bertz CT molecular complexity index is 840. The van der Waals surface area contributed by atoms with Gasteiger partial charge in [0.25, 0.3) is 0 Å². The van der Waals surface area contributed by atoms with E-state index in [9.17, 15) is 0 Å². The zero-order valence-corrected chi connectivity index (χ0v) is 14.6. The molecule has 0 amide bonds. The van der Waals surface area contributed by atoms with Crippen molar-refractivity contribution in [3.8, 4) is 5.75 Å². The molecule has 1 aromatic carbocycles. The summed E-state index contributed by atoms with van der Waals surface area (Å²) in [4.78, 5) is 18.1. The minimum absolute atomic E-state index is 0.683. The highest BCUT2D eigenvalue weighted by molar-refractivity contribution is 7.22. The van der Waals surface area contributed by atoms with E-state index >= 15 is 0 Å². The Morgan fingerprint density at radius 2 is 1.75 bits per heavy atom. The maximum atomic E-state index is 5.11. The molecule has 0 atom stereocenters. The van der Waals surface area contributed by atoms with Crippen LogP contribution in [0, 0.1) is 6.92 Å². The molecule has 1 aliphatic heterocycles. The van der Waals surface area contributed by atoms with Gasteiger partial charge < -0.3 is 14.5 Å². The summed E-state index contributed by atoms with van der Waals surface area (Å²) in [6, 6.07) is 6.36. The van der Waals surface area contributed by atoms with E-state index in [-0.39, 0.29) is 0 Å². The second-order valence-corrected chi connectivity index (χ2v) is 6.82. The molecule has 24 heavy (non-hydrogen) atoms. The highest BCUT2D eigenvalue weighted by Gasteiger charge is 2.21. The van der Waals surface area contributed by atoms with Crippen molar-refractivity contribution < 1.29 is 4.74 Å². The number of aromatic nitrogens is 3. The molecule has 1 saturated heterocycles. The van der Waals surface area contributed by atoms with Crippen LogP contribution in [0.1, 0.15) is 5.56 Å². The number of benzene rings is 1. The standard InChI is InChI=1S/C17H19N5OS/c1-12-4-3-5-14-15(12)20-17(24-14)22-8-6-21(7-9-22)16-18-10-13(23-2)11-19-16/h3-5,10-11H,6-9H2,1-2H3. The smallest absolute Gasteiger partial charge is 0.225 e. The second kappa shape index (κ2) is 6.24. The van der Waals surface area contributed by atoms with Gasteiger partial charge in [-0.25, -0.2) is 15.0 Å². The van der Waals surface area contributed by atoms with Gasteiger partial charge in [-0.05, 0) is 18.6 Å². The molecule has 0 saturated carbocycles. The summed E-state index contributed by atoms with van der Waals surface area (Å²) in [7, 11) is 1.62. The molecule has 1 aliphatic rings. The van der Waals surface area contributed by atoms with Crippen LogP contribution in [-0.4, -0.2) is 48.2 Å². The molecule has 0 spiro atoms. The van der Waals surface area contributed by atoms with Crippen LogP contribution in [0.2, 0.25) is 0 Å². The summed E-state index contributed by atoms with van der Waals surface area (Å²) >= 11 is 1.77. The van der Waals surface area contributed by atoms with Gasteiger partial charge in [-0.1, -0.05) is 23.5 Å². The fraction of sp³-hybridized carbons (Fsp3) is 0.353. The topological polar surface area (TPSA) is 54.4 Å². The van der Waals surface area contributed by atoms with Crippen molar-refractivity contribution in [2.24, 2.45) is 0 Å². The number of thiazole rings is 1.